The number of halogens is 5. The predicted molar refractivity (Wildman–Crippen MR) is 58.6 cm³/mol. The van der Waals surface area contributed by atoms with Crippen LogP contribution in [0.2, 0.25) is 0 Å². The zero-order valence-corrected chi connectivity index (χ0v) is 9.77. The number of nitrogens with one attached hydrogen (secondary N) is 1. The lowest BCUT2D eigenvalue weighted by molar-refractivity contribution is -0.137. The van der Waals surface area contributed by atoms with Gasteiger partial charge in [-0.15, -0.1) is 0 Å². The van der Waals surface area contributed by atoms with Crippen LogP contribution in [0.25, 0.3) is 0 Å². The second-order valence-electron chi connectivity index (χ2n) is 3.90. The Hall–Kier alpha value is -1.17. The van der Waals surface area contributed by atoms with Crippen molar-refractivity contribution in [1.29, 1.82) is 0 Å². The van der Waals surface area contributed by atoms with Gasteiger partial charge in [-0.1, -0.05) is 19.1 Å². The van der Waals surface area contributed by atoms with Gasteiger partial charge in [-0.25, -0.2) is 8.78 Å². The van der Waals surface area contributed by atoms with E-state index in [2.05, 4.69) is 5.32 Å². The number of hydrogen-bond acceptors (Lipinski definition) is 1. The van der Waals surface area contributed by atoms with Crippen LogP contribution in [0.3, 0.4) is 0 Å². The monoisotopic (exact) mass is 267 g/mol. The molecule has 0 aliphatic carbocycles. The molecule has 0 saturated carbocycles. The van der Waals surface area contributed by atoms with Crippen LogP contribution in [0.4, 0.5) is 22.0 Å². The number of alkyl halides is 5. The molecule has 0 amide bonds. The Morgan fingerprint density at radius 3 is 2.06 bits per heavy atom. The topological polar surface area (TPSA) is 12.0 Å². The molecule has 0 heterocycles. The van der Waals surface area contributed by atoms with E-state index in [-0.39, 0.29) is 6.42 Å². The van der Waals surface area contributed by atoms with Crippen molar-refractivity contribution in [2.24, 2.45) is 0 Å². The standard InChI is InChI=1S/C12H14F5N/c1-2-18-10(11(13)14)7-8-3-5-9(6-4-8)12(15,16)17/h3-6,10-11,18H,2,7H2,1H3. The van der Waals surface area contributed by atoms with Gasteiger partial charge in [-0.05, 0) is 30.7 Å². The van der Waals surface area contributed by atoms with E-state index in [1.807, 2.05) is 0 Å². The molecule has 0 bridgehead atoms. The molecule has 18 heavy (non-hydrogen) atoms. The SMILES string of the molecule is CCNC(Cc1ccc(C(F)(F)F)cc1)C(F)F. The summed E-state index contributed by atoms with van der Waals surface area (Å²) in [5, 5.41) is 2.60. The Bertz CT molecular complexity index is 358. The first-order valence-corrected chi connectivity index (χ1v) is 5.52. The van der Waals surface area contributed by atoms with Gasteiger partial charge in [0.25, 0.3) is 6.43 Å². The normalized spacial score (nSPS) is 13.9. The van der Waals surface area contributed by atoms with Crippen LogP contribution < -0.4 is 5.32 Å². The molecule has 0 spiro atoms. The maximum absolute atomic E-state index is 12.6. The van der Waals surface area contributed by atoms with Gasteiger partial charge in [0, 0.05) is 0 Å². The third-order valence-electron chi connectivity index (χ3n) is 2.51. The highest BCUT2D eigenvalue weighted by molar-refractivity contribution is 5.25. The molecule has 1 unspecified atom stereocenters. The third kappa shape index (κ3) is 4.25. The van der Waals surface area contributed by atoms with Crippen molar-refractivity contribution in [2.75, 3.05) is 6.54 Å². The van der Waals surface area contributed by atoms with E-state index in [9.17, 15) is 22.0 Å². The van der Waals surface area contributed by atoms with Crippen molar-refractivity contribution in [3.63, 3.8) is 0 Å². The second kappa shape index (κ2) is 6.13. The summed E-state index contributed by atoms with van der Waals surface area (Å²) in [5.74, 6) is 0. The Morgan fingerprint density at radius 2 is 1.67 bits per heavy atom. The highest BCUT2D eigenvalue weighted by Crippen LogP contribution is 2.29. The van der Waals surface area contributed by atoms with Crippen LogP contribution in [-0.2, 0) is 12.6 Å². The van der Waals surface area contributed by atoms with E-state index < -0.39 is 24.2 Å². The second-order valence-corrected chi connectivity index (χ2v) is 3.90. The summed E-state index contributed by atoms with van der Waals surface area (Å²) < 4.78 is 62.1. The molecular formula is C12H14F5N. The van der Waals surface area contributed by atoms with E-state index >= 15 is 0 Å². The Labute approximate surface area is 102 Å². The average Bonchev–Trinajstić information content (AvgIpc) is 2.28. The number of benzene rings is 1. The van der Waals surface area contributed by atoms with E-state index in [0.29, 0.717) is 12.1 Å². The highest BCUT2D eigenvalue weighted by atomic mass is 19.4. The summed E-state index contributed by atoms with van der Waals surface area (Å²) in [6.45, 7) is 2.08. The summed E-state index contributed by atoms with van der Waals surface area (Å²) >= 11 is 0. The lowest BCUT2D eigenvalue weighted by Gasteiger charge is -2.17. The molecule has 1 N–H and O–H groups in total. The van der Waals surface area contributed by atoms with Gasteiger partial charge < -0.3 is 5.32 Å². The van der Waals surface area contributed by atoms with Crippen LogP contribution in [0.5, 0.6) is 0 Å². The van der Waals surface area contributed by atoms with Crippen LogP contribution in [-0.4, -0.2) is 19.0 Å². The summed E-state index contributed by atoms with van der Waals surface area (Å²) in [4.78, 5) is 0. The largest absolute Gasteiger partial charge is 0.416 e. The molecule has 0 saturated heterocycles. The average molecular weight is 267 g/mol. The van der Waals surface area contributed by atoms with Gasteiger partial charge in [0.05, 0.1) is 11.6 Å². The number of rotatable bonds is 5. The first-order chi connectivity index (χ1) is 8.34. The highest BCUT2D eigenvalue weighted by Gasteiger charge is 2.30. The van der Waals surface area contributed by atoms with Crippen LogP contribution >= 0.6 is 0 Å². The van der Waals surface area contributed by atoms with Gasteiger partial charge >= 0.3 is 6.18 Å². The molecule has 0 aromatic heterocycles. The predicted octanol–water partition coefficient (Wildman–Crippen LogP) is 3.49. The van der Waals surface area contributed by atoms with Crippen LogP contribution in [0, 0.1) is 0 Å². The molecule has 1 rings (SSSR count). The number of likely N-dealkylation sites (N-methyl/N-ethyl adjacent to an activating group) is 1. The van der Waals surface area contributed by atoms with Crippen LogP contribution in [0.1, 0.15) is 18.1 Å². The van der Waals surface area contributed by atoms with E-state index in [1.165, 1.54) is 12.1 Å². The lowest BCUT2D eigenvalue weighted by Crippen LogP contribution is -2.37. The summed E-state index contributed by atoms with van der Waals surface area (Å²) in [5.41, 5.74) is -0.322. The Kier molecular flexibility index (Phi) is 5.07. The van der Waals surface area contributed by atoms with Gasteiger partial charge in [0.2, 0.25) is 0 Å². The molecule has 0 fully saturated rings. The van der Waals surface area contributed by atoms with Gasteiger partial charge in [0.15, 0.2) is 0 Å². The number of hydrogen-bond donors (Lipinski definition) is 1. The molecule has 1 aromatic carbocycles. The smallest absolute Gasteiger partial charge is 0.309 e. The molecule has 1 nitrogen and oxygen atoms in total. The van der Waals surface area contributed by atoms with E-state index in [4.69, 9.17) is 0 Å². The molecule has 1 aromatic rings. The molecule has 102 valence electrons. The third-order valence-corrected chi connectivity index (χ3v) is 2.51. The fourth-order valence-electron chi connectivity index (χ4n) is 1.60. The van der Waals surface area contributed by atoms with Crippen molar-refractivity contribution in [2.45, 2.75) is 32.0 Å². The molecule has 0 aliphatic rings. The fraction of sp³-hybridized carbons (Fsp3) is 0.500. The molecular weight excluding hydrogens is 253 g/mol. The Morgan fingerprint density at radius 1 is 1.11 bits per heavy atom. The van der Waals surface area contributed by atoms with Gasteiger partial charge in [-0.3, -0.25) is 0 Å². The zero-order chi connectivity index (χ0) is 13.8. The maximum atomic E-state index is 12.6. The minimum absolute atomic E-state index is 0.00361. The van der Waals surface area contributed by atoms with Crippen molar-refractivity contribution >= 4 is 0 Å². The minimum atomic E-state index is -4.40. The van der Waals surface area contributed by atoms with Gasteiger partial charge in [0.1, 0.15) is 0 Å². The summed E-state index contributed by atoms with van der Waals surface area (Å²) in [6, 6.07) is 3.24. The van der Waals surface area contributed by atoms with Crippen molar-refractivity contribution in [3.8, 4) is 0 Å². The van der Waals surface area contributed by atoms with Crippen molar-refractivity contribution in [3.05, 3.63) is 35.4 Å². The van der Waals surface area contributed by atoms with Gasteiger partial charge in [-0.2, -0.15) is 13.2 Å². The summed E-state index contributed by atoms with van der Waals surface area (Å²) in [6.07, 6.45) is -6.95. The fourth-order valence-corrected chi connectivity index (χ4v) is 1.60. The molecule has 0 radical (unpaired) electrons. The first-order valence-electron chi connectivity index (χ1n) is 5.52. The first kappa shape index (κ1) is 14.9. The molecule has 1 atom stereocenters. The van der Waals surface area contributed by atoms with Crippen molar-refractivity contribution in [1.82, 2.24) is 5.32 Å². The van der Waals surface area contributed by atoms with E-state index in [0.717, 1.165) is 12.1 Å². The van der Waals surface area contributed by atoms with Crippen molar-refractivity contribution < 1.29 is 22.0 Å². The summed E-state index contributed by atoms with van der Waals surface area (Å²) in [7, 11) is 0. The quantitative estimate of drug-likeness (QED) is 0.805. The van der Waals surface area contributed by atoms with E-state index in [1.54, 1.807) is 6.92 Å². The lowest BCUT2D eigenvalue weighted by atomic mass is 10.0. The molecule has 0 aliphatic heterocycles. The Balaban J connectivity index is 2.73. The maximum Gasteiger partial charge on any atom is 0.416 e. The minimum Gasteiger partial charge on any atom is -0.309 e. The zero-order valence-electron chi connectivity index (χ0n) is 9.77. The molecule has 6 heteroatoms. The van der Waals surface area contributed by atoms with Crippen LogP contribution in [0.15, 0.2) is 24.3 Å².